The normalized spacial score (nSPS) is 9.81. The molecule has 0 aliphatic heterocycles. The van der Waals surface area contributed by atoms with Crippen LogP contribution in [0.15, 0.2) is 6.07 Å². The lowest BCUT2D eigenvalue weighted by atomic mass is 10.1. The van der Waals surface area contributed by atoms with Crippen molar-refractivity contribution in [2.24, 2.45) is 11.5 Å². The van der Waals surface area contributed by atoms with Crippen LogP contribution >= 0.6 is 0 Å². The lowest BCUT2D eigenvalue weighted by Crippen LogP contribution is -2.20. The van der Waals surface area contributed by atoms with Gasteiger partial charge in [0.15, 0.2) is 0 Å². The molecule has 0 spiro atoms. The van der Waals surface area contributed by atoms with E-state index in [0.717, 1.165) is 0 Å². The molecule has 86 valence electrons. The van der Waals surface area contributed by atoms with E-state index in [9.17, 15) is 9.59 Å². The number of ether oxygens (including phenoxy) is 1. The van der Waals surface area contributed by atoms with Gasteiger partial charge in [-0.25, -0.2) is 0 Å². The molecule has 0 bridgehead atoms. The number of carbonyl (C=O) groups is 2. The minimum atomic E-state index is -0.782. The van der Waals surface area contributed by atoms with Gasteiger partial charge in [-0.2, -0.15) is 4.98 Å². The Morgan fingerprint density at radius 3 is 2.31 bits per heavy atom. The molecule has 0 unspecified atom stereocenters. The van der Waals surface area contributed by atoms with Crippen LogP contribution in [0.3, 0.4) is 0 Å². The molecule has 0 aliphatic carbocycles. The molecule has 0 fully saturated rings. The minimum absolute atomic E-state index is 0.00231. The molecule has 7 heteroatoms. The number of nitrogens with two attached hydrogens (primary N) is 3. The smallest absolute Gasteiger partial charge is 0.254 e. The fourth-order valence-electron chi connectivity index (χ4n) is 1.13. The van der Waals surface area contributed by atoms with Gasteiger partial charge < -0.3 is 21.9 Å². The maximum Gasteiger partial charge on any atom is 0.254 e. The average molecular weight is 224 g/mol. The maximum atomic E-state index is 11.1. The molecule has 2 amide bonds. The predicted octanol–water partition coefficient (Wildman–Crippen LogP) is -0.740. The molecule has 0 saturated heterocycles. The molecule has 0 radical (unpaired) electrons. The number of amides is 2. The van der Waals surface area contributed by atoms with E-state index in [-0.39, 0.29) is 22.8 Å². The Balaban J connectivity index is 3.36. The molecule has 1 heterocycles. The van der Waals surface area contributed by atoms with Crippen molar-refractivity contribution in [1.29, 1.82) is 0 Å². The van der Waals surface area contributed by atoms with E-state index in [1.165, 1.54) is 6.07 Å². The highest BCUT2D eigenvalue weighted by Gasteiger charge is 2.17. The van der Waals surface area contributed by atoms with Crippen LogP contribution in [0.2, 0.25) is 0 Å². The number of primary amides is 2. The first kappa shape index (κ1) is 11.8. The van der Waals surface area contributed by atoms with Gasteiger partial charge in [-0.05, 0) is 13.0 Å². The van der Waals surface area contributed by atoms with Crippen molar-refractivity contribution in [3.8, 4) is 5.88 Å². The van der Waals surface area contributed by atoms with Gasteiger partial charge >= 0.3 is 0 Å². The summed E-state index contributed by atoms with van der Waals surface area (Å²) in [6, 6.07) is 1.18. The second kappa shape index (κ2) is 4.47. The number of anilines is 1. The third-order valence-electron chi connectivity index (χ3n) is 1.83. The van der Waals surface area contributed by atoms with Crippen molar-refractivity contribution in [2.45, 2.75) is 6.92 Å². The molecule has 1 aromatic heterocycles. The zero-order valence-corrected chi connectivity index (χ0v) is 8.69. The molecular formula is C9H12N4O3. The van der Waals surface area contributed by atoms with Gasteiger partial charge in [-0.15, -0.1) is 0 Å². The average Bonchev–Trinajstić information content (AvgIpc) is 2.17. The van der Waals surface area contributed by atoms with Gasteiger partial charge in [0.25, 0.3) is 11.8 Å². The Labute approximate surface area is 91.6 Å². The SMILES string of the molecule is CCOc1nc(N)c(C(N)=O)cc1C(N)=O. The van der Waals surface area contributed by atoms with Crippen LogP contribution < -0.4 is 21.9 Å². The van der Waals surface area contributed by atoms with Crippen LogP contribution in [0, 0.1) is 0 Å². The molecule has 0 saturated carbocycles. The minimum Gasteiger partial charge on any atom is -0.477 e. The predicted molar refractivity (Wildman–Crippen MR) is 56.9 cm³/mol. The van der Waals surface area contributed by atoms with E-state index in [1.807, 2.05) is 0 Å². The van der Waals surface area contributed by atoms with E-state index in [1.54, 1.807) is 6.92 Å². The number of carbonyl (C=O) groups excluding carboxylic acids is 2. The Hall–Kier alpha value is -2.31. The first-order valence-corrected chi connectivity index (χ1v) is 4.50. The Morgan fingerprint density at radius 2 is 1.88 bits per heavy atom. The lowest BCUT2D eigenvalue weighted by Gasteiger charge is -2.09. The van der Waals surface area contributed by atoms with Crippen molar-refractivity contribution in [1.82, 2.24) is 4.98 Å². The quantitative estimate of drug-likeness (QED) is 0.619. The first-order valence-electron chi connectivity index (χ1n) is 4.50. The molecule has 1 aromatic rings. The van der Waals surface area contributed by atoms with Gasteiger partial charge in [0.05, 0.1) is 12.2 Å². The van der Waals surface area contributed by atoms with Gasteiger partial charge in [-0.1, -0.05) is 0 Å². The van der Waals surface area contributed by atoms with Crippen molar-refractivity contribution in [3.05, 3.63) is 17.2 Å². The van der Waals surface area contributed by atoms with Crippen molar-refractivity contribution in [2.75, 3.05) is 12.3 Å². The number of pyridine rings is 1. The molecule has 0 atom stereocenters. The topological polar surface area (TPSA) is 134 Å². The summed E-state index contributed by atoms with van der Waals surface area (Å²) in [7, 11) is 0. The highest BCUT2D eigenvalue weighted by atomic mass is 16.5. The molecule has 0 aromatic carbocycles. The zero-order valence-electron chi connectivity index (χ0n) is 8.69. The highest BCUT2D eigenvalue weighted by molar-refractivity contribution is 6.02. The number of rotatable bonds is 4. The lowest BCUT2D eigenvalue weighted by molar-refractivity contribution is 0.0995. The van der Waals surface area contributed by atoms with Gasteiger partial charge in [-0.3, -0.25) is 9.59 Å². The van der Waals surface area contributed by atoms with Gasteiger partial charge in [0, 0.05) is 0 Å². The molecule has 7 nitrogen and oxygen atoms in total. The van der Waals surface area contributed by atoms with Gasteiger partial charge in [0.1, 0.15) is 11.4 Å². The number of aromatic nitrogens is 1. The Bertz CT molecular complexity index is 445. The second-order valence-corrected chi connectivity index (χ2v) is 2.94. The maximum absolute atomic E-state index is 11.1. The summed E-state index contributed by atoms with van der Waals surface area (Å²) < 4.78 is 5.07. The Kier molecular flexibility index (Phi) is 3.29. The summed E-state index contributed by atoms with van der Waals surface area (Å²) in [5, 5.41) is 0. The van der Waals surface area contributed by atoms with Crippen LogP contribution in [-0.4, -0.2) is 23.4 Å². The van der Waals surface area contributed by atoms with E-state index >= 15 is 0 Å². The van der Waals surface area contributed by atoms with Crippen LogP contribution in [0.5, 0.6) is 5.88 Å². The van der Waals surface area contributed by atoms with Crippen molar-refractivity contribution < 1.29 is 14.3 Å². The monoisotopic (exact) mass is 224 g/mol. The third-order valence-corrected chi connectivity index (χ3v) is 1.83. The zero-order chi connectivity index (χ0) is 12.3. The fraction of sp³-hybridized carbons (Fsp3) is 0.222. The summed E-state index contributed by atoms with van der Waals surface area (Å²) in [5.74, 6) is -1.65. The van der Waals surface area contributed by atoms with Crippen molar-refractivity contribution in [3.63, 3.8) is 0 Å². The number of hydrogen-bond donors (Lipinski definition) is 3. The summed E-state index contributed by atoms with van der Waals surface area (Å²) in [6.07, 6.45) is 0. The Morgan fingerprint density at radius 1 is 1.31 bits per heavy atom. The van der Waals surface area contributed by atoms with Crippen LogP contribution in [0.1, 0.15) is 27.6 Å². The second-order valence-electron chi connectivity index (χ2n) is 2.94. The fourth-order valence-corrected chi connectivity index (χ4v) is 1.13. The van der Waals surface area contributed by atoms with E-state index in [2.05, 4.69) is 4.98 Å². The van der Waals surface area contributed by atoms with Crippen molar-refractivity contribution >= 4 is 17.6 Å². The van der Waals surface area contributed by atoms with Crippen LogP contribution in [0.25, 0.3) is 0 Å². The summed E-state index contributed by atoms with van der Waals surface area (Å²) in [6.45, 7) is 2.01. The summed E-state index contributed by atoms with van der Waals surface area (Å²) >= 11 is 0. The number of hydrogen-bond acceptors (Lipinski definition) is 5. The van der Waals surface area contributed by atoms with E-state index < -0.39 is 11.8 Å². The first-order chi connectivity index (χ1) is 7.47. The van der Waals surface area contributed by atoms with Crippen LogP contribution in [0.4, 0.5) is 5.82 Å². The molecular weight excluding hydrogens is 212 g/mol. The molecule has 1 rings (SSSR count). The largest absolute Gasteiger partial charge is 0.477 e. The molecule has 6 N–H and O–H groups in total. The summed E-state index contributed by atoms with van der Waals surface area (Å²) in [4.78, 5) is 25.8. The summed E-state index contributed by atoms with van der Waals surface area (Å²) in [5.41, 5.74) is 15.6. The standard InChI is InChI=1S/C9H12N4O3/c1-2-16-9-5(8(12)15)3-4(7(11)14)6(10)13-9/h3H,2H2,1H3,(H2,10,13)(H2,11,14)(H2,12,15). The number of nitrogens with zero attached hydrogens (tertiary/aromatic N) is 1. The van der Waals surface area contributed by atoms with Crippen LogP contribution in [-0.2, 0) is 0 Å². The van der Waals surface area contributed by atoms with E-state index in [0.29, 0.717) is 6.61 Å². The highest BCUT2D eigenvalue weighted by Crippen LogP contribution is 2.20. The molecule has 16 heavy (non-hydrogen) atoms. The van der Waals surface area contributed by atoms with Gasteiger partial charge in [0.2, 0.25) is 5.88 Å². The van der Waals surface area contributed by atoms with E-state index in [4.69, 9.17) is 21.9 Å². The number of nitrogen functional groups attached to an aromatic ring is 1. The molecule has 0 aliphatic rings. The third kappa shape index (κ3) is 2.19.